The van der Waals surface area contributed by atoms with E-state index in [2.05, 4.69) is 142 Å². The SMILES string of the molecule is CC/C=C\C/C=C\C/C=C\C/C=C\C/C=C\C/C=C\C/C=C\C/C=C\C/C=C\CCCCCC(=O)OCC(COC(=O)CCCCCCCC)OC(=O)CCCCCCC/C=C\CCC. The number of rotatable bonds is 45. The Balaban J connectivity index is 4.19. The Morgan fingerprint density at radius 1 is 0.323 bits per heavy atom. The first-order chi connectivity index (χ1) is 32.0. The maximum absolute atomic E-state index is 12.7. The average Bonchev–Trinajstić information content (AvgIpc) is 3.30. The lowest BCUT2D eigenvalue weighted by Crippen LogP contribution is -2.30. The zero-order valence-corrected chi connectivity index (χ0v) is 41.7. The Bertz CT molecular complexity index is 1400. The molecule has 0 N–H and O–H groups in total. The van der Waals surface area contributed by atoms with Crippen LogP contribution in [-0.4, -0.2) is 37.2 Å². The summed E-state index contributed by atoms with van der Waals surface area (Å²) in [5.74, 6) is -0.960. The second-order valence-electron chi connectivity index (χ2n) is 16.7. The molecule has 6 nitrogen and oxygen atoms in total. The van der Waals surface area contributed by atoms with Gasteiger partial charge in [-0.3, -0.25) is 14.4 Å². The van der Waals surface area contributed by atoms with E-state index in [0.717, 1.165) is 141 Å². The zero-order valence-electron chi connectivity index (χ0n) is 41.7. The quantitative estimate of drug-likeness (QED) is 0.0262. The van der Waals surface area contributed by atoms with Crippen LogP contribution in [0.5, 0.6) is 0 Å². The number of ether oxygens (including phenoxy) is 3. The standard InChI is InChI=1S/C59H94O6/c1-4-7-10-13-16-18-20-21-22-23-24-25-26-27-28-29-30-31-32-33-34-35-36-37-38-39-40-42-43-46-49-52-58(61)64-55-56(54-63-57(60)51-48-45-15-12-9-6-3)65-59(62)53-50-47-44-41-19-17-14-11-8-5-2/h7,10-11,14,16,18,21-22,24-25,27-28,30-31,33-34,36-37,39-40,56H,4-6,8-9,12-13,15,17,19-20,23,26,29,32,35,38,41-55H2,1-3H3/b10-7-,14-11-,18-16-,22-21-,25-24-,28-27-,31-30-,34-33-,37-36-,40-39-. The van der Waals surface area contributed by atoms with E-state index in [1.165, 1.54) is 32.1 Å². The molecule has 6 heteroatoms. The predicted molar refractivity (Wildman–Crippen MR) is 279 cm³/mol. The van der Waals surface area contributed by atoms with Gasteiger partial charge in [0.2, 0.25) is 0 Å². The second kappa shape index (κ2) is 52.4. The summed E-state index contributed by atoms with van der Waals surface area (Å²) in [6, 6.07) is 0. The maximum Gasteiger partial charge on any atom is 0.306 e. The van der Waals surface area contributed by atoms with Crippen LogP contribution in [0.15, 0.2) is 122 Å². The van der Waals surface area contributed by atoms with Crippen molar-refractivity contribution < 1.29 is 28.6 Å². The molecule has 0 aliphatic carbocycles. The third-order valence-electron chi connectivity index (χ3n) is 10.4. The highest BCUT2D eigenvalue weighted by Gasteiger charge is 2.19. The number of unbranched alkanes of at least 4 members (excludes halogenated alkanes) is 14. The largest absolute Gasteiger partial charge is 0.462 e. The van der Waals surface area contributed by atoms with Gasteiger partial charge in [-0.1, -0.05) is 206 Å². The maximum atomic E-state index is 12.7. The molecule has 0 saturated heterocycles. The number of hydrogen-bond donors (Lipinski definition) is 0. The van der Waals surface area contributed by atoms with Gasteiger partial charge >= 0.3 is 17.9 Å². The van der Waals surface area contributed by atoms with Crippen LogP contribution in [0, 0.1) is 0 Å². The number of allylic oxidation sites excluding steroid dienone is 20. The number of carbonyl (C=O) groups excluding carboxylic acids is 3. The minimum Gasteiger partial charge on any atom is -0.462 e. The fraction of sp³-hybridized carbons (Fsp3) is 0.610. The third kappa shape index (κ3) is 50.7. The van der Waals surface area contributed by atoms with Gasteiger partial charge in [0.25, 0.3) is 0 Å². The molecule has 0 spiro atoms. The molecule has 0 rings (SSSR count). The molecule has 0 saturated carbocycles. The van der Waals surface area contributed by atoms with Gasteiger partial charge < -0.3 is 14.2 Å². The first-order valence-corrected chi connectivity index (χ1v) is 26.0. The van der Waals surface area contributed by atoms with E-state index in [-0.39, 0.29) is 31.1 Å². The monoisotopic (exact) mass is 899 g/mol. The zero-order chi connectivity index (χ0) is 47.2. The van der Waals surface area contributed by atoms with Crippen molar-refractivity contribution in [2.45, 2.75) is 219 Å². The molecule has 0 aliphatic heterocycles. The molecule has 0 aliphatic rings. The van der Waals surface area contributed by atoms with Crippen LogP contribution in [0.25, 0.3) is 0 Å². The minimum atomic E-state index is -0.793. The van der Waals surface area contributed by atoms with Crippen molar-refractivity contribution in [3.05, 3.63) is 122 Å². The fourth-order valence-corrected chi connectivity index (χ4v) is 6.55. The molecule has 0 fully saturated rings. The summed E-state index contributed by atoms with van der Waals surface area (Å²) < 4.78 is 16.6. The summed E-state index contributed by atoms with van der Waals surface area (Å²) in [5, 5.41) is 0. The lowest BCUT2D eigenvalue weighted by atomic mass is 10.1. The summed E-state index contributed by atoms with van der Waals surface area (Å²) in [6.45, 7) is 6.34. The molecule has 65 heavy (non-hydrogen) atoms. The van der Waals surface area contributed by atoms with Crippen molar-refractivity contribution in [2.75, 3.05) is 13.2 Å². The fourth-order valence-electron chi connectivity index (χ4n) is 6.55. The Hall–Kier alpha value is -4.19. The molecular weight excluding hydrogens is 805 g/mol. The summed E-state index contributed by atoms with van der Waals surface area (Å²) in [7, 11) is 0. The molecule has 0 bridgehead atoms. The van der Waals surface area contributed by atoms with Crippen molar-refractivity contribution in [2.24, 2.45) is 0 Å². The molecule has 0 radical (unpaired) electrons. The second-order valence-corrected chi connectivity index (χ2v) is 16.7. The van der Waals surface area contributed by atoms with E-state index < -0.39 is 6.10 Å². The molecule has 0 aromatic heterocycles. The van der Waals surface area contributed by atoms with Crippen molar-refractivity contribution in [3.63, 3.8) is 0 Å². The number of hydrogen-bond acceptors (Lipinski definition) is 6. The highest BCUT2D eigenvalue weighted by Crippen LogP contribution is 2.12. The third-order valence-corrected chi connectivity index (χ3v) is 10.4. The lowest BCUT2D eigenvalue weighted by molar-refractivity contribution is -0.167. The first kappa shape index (κ1) is 60.8. The Morgan fingerprint density at radius 2 is 0.631 bits per heavy atom. The number of carbonyl (C=O) groups is 3. The topological polar surface area (TPSA) is 78.9 Å². The molecule has 0 heterocycles. The van der Waals surface area contributed by atoms with Crippen molar-refractivity contribution in [1.29, 1.82) is 0 Å². The average molecular weight is 899 g/mol. The molecule has 0 aromatic carbocycles. The van der Waals surface area contributed by atoms with Crippen LogP contribution in [0.4, 0.5) is 0 Å². The van der Waals surface area contributed by atoms with E-state index in [0.29, 0.717) is 19.3 Å². The molecule has 0 aromatic rings. The van der Waals surface area contributed by atoms with Crippen LogP contribution in [0.3, 0.4) is 0 Å². The van der Waals surface area contributed by atoms with Gasteiger partial charge in [0.05, 0.1) is 0 Å². The summed E-state index contributed by atoms with van der Waals surface area (Å²) in [5.41, 5.74) is 0. The van der Waals surface area contributed by atoms with Crippen molar-refractivity contribution in [1.82, 2.24) is 0 Å². The molecule has 1 atom stereocenters. The van der Waals surface area contributed by atoms with Crippen LogP contribution in [0.2, 0.25) is 0 Å². The summed E-state index contributed by atoms with van der Waals surface area (Å²) in [6.07, 6.45) is 72.3. The van der Waals surface area contributed by atoms with Crippen LogP contribution < -0.4 is 0 Å². The van der Waals surface area contributed by atoms with Gasteiger partial charge in [0.15, 0.2) is 6.10 Å². The van der Waals surface area contributed by atoms with Gasteiger partial charge in [-0.2, -0.15) is 0 Å². The summed E-state index contributed by atoms with van der Waals surface area (Å²) in [4.78, 5) is 37.6. The summed E-state index contributed by atoms with van der Waals surface area (Å²) >= 11 is 0. The van der Waals surface area contributed by atoms with Gasteiger partial charge in [-0.05, 0) is 109 Å². The Morgan fingerprint density at radius 3 is 1.03 bits per heavy atom. The van der Waals surface area contributed by atoms with Crippen LogP contribution in [0.1, 0.15) is 213 Å². The molecule has 366 valence electrons. The van der Waals surface area contributed by atoms with Gasteiger partial charge in [0.1, 0.15) is 13.2 Å². The van der Waals surface area contributed by atoms with Crippen LogP contribution in [-0.2, 0) is 28.6 Å². The van der Waals surface area contributed by atoms with E-state index in [9.17, 15) is 14.4 Å². The van der Waals surface area contributed by atoms with Gasteiger partial charge in [-0.15, -0.1) is 0 Å². The number of esters is 3. The van der Waals surface area contributed by atoms with Gasteiger partial charge in [0, 0.05) is 19.3 Å². The van der Waals surface area contributed by atoms with Gasteiger partial charge in [-0.25, -0.2) is 0 Å². The van der Waals surface area contributed by atoms with Crippen LogP contribution >= 0.6 is 0 Å². The molecule has 0 amide bonds. The Kier molecular flexibility index (Phi) is 49.1. The van der Waals surface area contributed by atoms with Crippen molar-refractivity contribution in [3.8, 4) is 0 Å². The smallest absolute Gasteiger partial charge is 0.306 e. The van der Waals surface area contributed by atoms with E-state index in [4.69, 9.17) is 14.2 Å². The van der Waals surface area contributed by atoms with E-state index in [1.54, 1.807) is 0 Å². The van der Waals surface area contributed by atoms with E-state index >= 15 is 0 Å². The Labute approximate surface area is 399 Å². The predicted octanol–water partition coefficient (Wildman–Crippen LogP) is 17.3. The van der Waals surface area contributed by atoms with Crippen molar-refractivity contribution >= 4 is 17.9 Å². The first-order valence-electron chi connectivity index (χ1n) is 26.0. The normalized spacial score (nSPS) is 13.1. The minimum absolute atomic E-state index is 0.0947. The lowest BCUT2D eigenvalue weighted by Gasteiger charge is -2.18. The molecular formula is C59H94O6. The highest BCUT2D eigenvalue weighted by atomic mass is 16.6. The molecule has 1 unspecified atom stereocenters. The highest BCUT2D eigenvalue weighted by molar-refractivity contribution is 5.71. The van der Waals surface area contributed by atoms with E-state index in [1.807, 2.05) is 0 Å².